The summed E-state index contributed by atoms with van der Waals surface area (Å²) in [4.78, 5) is 26.4. The summed E-state index contributed by atoms with van der Waals surface area (Å²) in [7, 11) is 0. The minimum atomic E-state index is -0.112. The van der Waals surface area contributed by atoms with Gasteiger partial charge in [0.2, 0.25) is 5.91 Å². The van der Waals surface area contributed by atoms with Crippen LogP contribution in [0.5, 0.6) is 0 Å². The fraction of sp³-hybridized carbons (Fsp3) is 0.333. The molecule has 1 amide bonds. The molecule has 0 radical (unpaired) electrons. The zero-order valence-electron chi connectivity index (χ0n) is 13.3. The fourth-order valence-electron chi connectivity index (χ4n) is 2.36. The molecule has 116 valence electrons. The predicted molar refractivity (Wildman–Crippen MR) is 87.6 cm³/mol. The molecule has 0 aliphatic carbocycles. The number of aryl methyl sites for hydroxylation is 1. The van der Waals surface area contributed by atoms with Crippen molar-refractivity contribution < 1.29 is 4.79 Å². The maximum absolute atomic E-state index is 12.6. The molecule has 0 N–H and O–H groups in total. The van der Waals surface area contributed by atoms with Crippen LogP contribution >= 0.6 is 0 Å². The van der Waals surface area contributed by atoms with Gasteiger partial charge in [-0.25, -0.2) is 0 Å². The number of amides is 1. The second-order valence-electron chi connectivity index (χ2n) is 5.73. The molecule has 2 rings (SSSR count). The van der Waals surface area contributed by atoms with E-state index in [9.17, 15) is 9.59 Å². The zero-order valence-corrected chi connectivity index (χ0v) is 13.3. The van der Waals surface area contributed by atoms with Gasteiger partial charge in [0, 0.05) is 24.3 Å². The highest BCUT2D eigenvalue weighted by atomic mass is 16.2. The molecule has 0 fully saturated rings. The Morgan fingerprint density at radius 1 is 1.14 bits per heavy atom. The summed E-state index contributed by atoms with van der Waals surface area (Å²) >= 11 is 0. The van der Waals surface area contributed by atoms with Crippen molar-refractivity contribution in [3.63, 3.8) is 0 Å². The molecule has 0 aliphatic rings. The molecule has 2 aromatic rings. The number of aromatic nitrogens is 1. The van der Waals surface area contributed by atoms with Gasteiger partial charge in [-0.1, -0.05) is 36.4 Å². The van der Waals surface area contributed by atoms with E-state index >= 15 is 0 Å². The quantitative estimate of drug-likeness (QED) is 0.851. The van der Waals surface area contributed by atoms with Crippen molar-refractivity contribution in [3.8, 4) is 0 Å². The van der Waals surface area contributed by atoms with Gasteiger partial charge in [0.25, 0.3) is 5.56 Å². The van der Waals surface area contributed by atoms with Crippen LogP contribution < -0.4 is 5.56 Å². The predicted octanol–water partition coefficient (Wildman–Crippen LogP) is 2.59. The highest BCUT2D eigenvalue weighted by Gasteiger charge is 2.18. The molecule has 1 aromatic carbocycles. The maximum atomic E-state index is 12.6. The fourth-order valence-corrected chi connectivity index (χ4v) is 2.36. The molecule has 0 saturated carbocycles. The molecule has 0 aliphatic heterocycles. The van der Waals surface area contributed by atoms with Gasteiger partial charge in [0.15, 0.2) is 0 Å². The molecular formula is C18H22N2O2. The highest BCUT2D eigenvalue weighted by Crippen LogP contribution is 2.09. The van der Waals surface area contributed by atoms with Crippen molar-refractivity contribution in [3.05, 3.63) is 70.1 Å². The topological polar surface area (TPSA) is 42.3 Å². The van der Waals surface area contributed by atoms with E-state index in [1.54, 1.807) is 30.2 Å². The first-order chi connectivity index (χ1) is 10.5. The van der Waals surface area contributed by atoms with E-state index in [-0.39, 0.29) is 24.1 Å². The highest BCUT2D eigenvalue weighted by molar-refractivity contribution is 5.76. The molecular weight excluding hydrogens is 276 g/mol. The summed E-state index contributed by atoms with van der Waals surface area (Å²) in [5.41, 5.74) is 1.62. The van der Waals surface area contributed by atoms with E-state index in [1.807, 2.05) is 44.2 Å². The minimum absolute atomic E-state index is 0.0495. The SMILES string of the molecule is Cc1cccn(CC(=O)N(Cc2ccccc2)C(C)C)c1=O. The Morgan fingerprint density at radius 2 is 1.82 bits per heavy atom. The number of nitrogens with zero attached hydrogens (tertiary/aromatic N) is 2. The summed E-state index contributed by atoms with van der Waals surface area (Å²) in [6.45, 7) is 6.36. The number of pyridine rings is 1. The lowest BCUT2D eigenvalue weighted by Crippen LogP contribution is -2.40. The molecule has 0 spiro atoms. The Bertz CT molecular complexity index is 690. The van der Waals surface area contributed by atoms with Crippen LogP contribution in [0.25, 0.3) is 0 Å². The van der Waals surface area contributed by atoms with Gasteiger partial charge in [0.1, 0.15) is 6.54 Å². The molecule has 4 heteroatoms. The van der Waals surface area contributed by atoms with E-state index in [4.69, 9.17) is 0 Å². The van der Waals surface area contributed by atoms with Crippen LogP contribution in [0.1, 0.15) is 25.0 Å². The largest absolute Gasteiger partial charge is 0.334 e. The van der Waals surface area contributed by atoms with Crippen LogP contribution in [0.2, 0.25) is 0 Å². The van der Waals surface area contributed by atoms with Gasteiger partial charge in [-0.2, -0.15) is 0 Å². The minimum Gasteiger partial charge on any atom is -0.334 e. The number of carbonyl (C=O) groups is 1. The molecule has 0 atom stereocenters. The summed E-state index contributed by atoms with van der Waals surface area (Å²) < 4.78 is 1.47. The second-order valence-corrected chi connectivity index (χ2v) is 5.73. The van der Waals surface area contributed by atoms with Crippen LogP contribution in [0, 0.1) is 6.92 Å². The van der Waals surface area contributed by atoms with Crippen molar-refractivity contribution in [2.24, 2.45) is 0 Å². The van der Waals surface area contributed by atoms with E-state index < -0.39 is 0 Å². The number of benzene rings is 1. The summed E-state index contributed by atoms with van der Waals surface area (Å²) in [5, 5.41) is 0. The summed E-state index contributed by atoms with van der Waals surface area (Å²) in [5.74, 6) is -0.0495. The number of rotatable bonds is 5. The molecule has 0 unspecified atom stereocenters. The van der Waals surface area contributed by atoms with Crippen molar-refractivity contribution in [2.75, 3.05) is 0 Å². The average molecular weight is 298 g/mol. The normalized spacial score (nSPS) is 10.7. The van der Waals surface area contributed by atoms with Crippen LogP contribution in [0.4, 0.5) is 0 Å². The van der Waals surface area contributed by atoms with Crippen LogP contribution in [-0.2, 0) is 17.9 Å². The smallest absolute Gasteiger partial charge is 0.253 e. The van der Waals surface area contributed by atoms with Crippen molar-refractivity contribution in [1.29, 1.82) is 0 Å². The number of hydrogen-bond acceptors (Lipinski definition) is 2. The van der Waals surface area contributed by atoms with Crippen LogP contribution in [0.15, 0.2) is 53.5 Å². The third kappa shape index (κ3) is 3.85. The lowest BCUT2D eigenvalue weighted by atomic mass is 10.2. The third-order valence-electron chi connectivity index (χ3n) is 3.66. The summed E-state index contributed by atoms with van der Waals surface area (Å²) in [6.07, 6.45) is 1.66. The Kier molecular flexibility index (Phi) is 5.15. The molecule has 0 saturated heterocycles. The lowest BCUT2D eigenvalue weighted by molar-refractivity contribution is -0.134. The molecule has 4 nitrogen and oxygen atoms in total. The van der Waals surface area contributed by atoms with E-state index in [2.05, 4.69) is 0 Å². The number of hydrogen-bond donors (Lipinski definition) is 0. The summed E-state index contributed by atoms with van der Waals surface area (Å²) in [6, 6.07) is 13.5. The van der Waals surface area contributed by atoms with Gasteiger partial charge in [0.05, 0.1) is 0 Å². The monoisotopic (exact) mass is 298 g/mol. The Labute approximate surface area is 131 Å². The third-order valence-corrected chi connectivity index (χ3v) is 3.66. The second kappa shape index (κ2) is 7.07. The van der Waals surface area contributed by atoms with E-state index in [1.165, 1.54) is 4.57 Å². The van der Waals surface area contributed by atoms with Crippen molar-refractivity contribution in [1.82, 2.24) is 9.47 Å². The van der Waals surface area contributed by atoms with Gasteiger partial charge in [-0.05, 0) is 32.4 Å². The van der Waals surface area contributed by atoms with Crippen LogP contribution in [-0.4, -0.2) is 21.4 Å². The first-order valence-corrected chi connectivity index (χ1v) is 7.48. The standard InChI is InChI=1S/C18H22N2O2/c1-14(2)20(12-16-9-5-4-6-10-16)17(21)13-19-11-7-8-15(3)18(19)22/h4-11,14H,12-13H2,1-3H3. The van der Waals surface area contributed by atoms with Gasteiger partial charge < -0.3 is 9.47 Å². The first kappa shape index (κ1) is 16.0. The zero-order chi connectivity index (χ0) is 16.1. The number of carbonyl (C=O) groups excluding carboxylic acids is 1. The van der Waals surface area contributed by atoms with Gasteiger partial charge in [-0.3, -0.25) is 9.59 Å². The van der Waals surface area contributed by atoms with Crippen molar-refractivity contribution in [2.45, 2.75) is 39.9 Å². The van der Waals surface area contributed by atoms with Crippen LogP contribution in [0.3, 0.4) is 0 Å². The Hall–Kier alpha value is -2.36. The Balaban J connectivity index is 2.17. The van der Waals surface area contributed by atoms with E-state index in [0.29, 0.717) is 12.1 Å². The average Bonchev–Trinajstić information content (AvgIpc) is 2.50. The molecule has 1 aromatic heterocycles. The van der Waals surface area contributed by atoms with Gasteiger partial charge >= 0.3 is 0 Å². The maximum Gasteiger partial charge on any atom is 0.253 e. The van der Waals surface area contributed by atoms with Gasteiger partial charge in [-0.15, -0.1) is 0 Å². The molecule has 0 bridgehead atoms. The first-order valence-electron chi connectivity index (χ1n) is 7.48. The molecule has 1 heterocycles. The van der Waals surface area contributed by atoms with Crippen molar-refractivity contribution >= 4 is 5.91 Å². The molecule has 22 heavy (non-hydrogen) atoms. The Morgan fingerprint density at radius 3 is 2.45 bits per heavy atom. The lowest BCUT2D eigenvalue weighted by Gasteiger charge is -2.27. The van der Waals surface area contributed by atoms with E-state index in [0.717, 1.165) is 5.56 Å².